The highest BCUT2D eigenvalue weighted by atomic mass is 16.1. The number of aromatic nitrogens is 3. The van der Waals surface area contributed by atoms with Gasteiger partial charge in [-0.3, -0.25) is 14.1 Å². The van der Waals surface area contributed by atoms with Gasteiger partial charge in [0.15, 0.2) is 0 Å². The fraction of sp³-hybridized carbons (Fsp3) is 0.308. The predicted octanol–water partition coefficient (Wildman–Crippen LogP) is 4.38. The van der Waals surface area contributed by atoms with Crippen LogP contribution in [-0.2, 0) is 12.8 Å². The van der Waals surface area contributed by atoms with Crippen LogP contribution in [0.4, 0.5) is 0 Å². The van der Waals surface area contributed by atoms with Crippen LogP contribution >= 0.6 is 0 Å². The summed E-state index contributed by atoms with van der Waals surface area (Å²) in [7, 11) is 0. The van der Waals surface area contributed by atoms with Crippen LogP contribution in [0.25, 0.3) is 22.1 Å². The first-order valence-electron chi connectivity index (χ1n) is 11.1. The molecular formula is C26H28N4O. The van der Waals surface area contributed by atoms with E-state index in [1.54, 1.807) is 4.40 Å². The third kappa shape index (κ3) is 3.70. The van der Waals surface area contributed by atoms with Crippen LogP contribution < -0.4 is 5.56 Å². The number of hydrogen-bond donors (Lipinski definition) is 1. The maximum absolute atomic E-state index is 13.0. The molecule has 0 unspecified atom stereocenters. The molecule has 0 atom stereocenters. The number of aromatic amines is 1. The van der Waals surface area contributed by atoms with Gasteiger partial charge in [-0.15, -0.1) is 0 Å². The topological polar surface area (TPSA) is 53.4 Å². The number of nitrogens with zero attached hydrogens (tertiary/aromatic N) is 3. The summed E-state index contributed by atoms with van der Waals surface area (Å²) >= 11 is 0. The Morgan fingerprint density at radius 1 is 1.19 bits per heavy atom. The number of fused-ring (bicyclic) bond motifs is 2. The fourth-order valence-corrected chi connectivity index (χ4v) is 4.60. The van der Waals surface area contributed by atoms with Gasteiger partial charge in [0, 0.05) is 59.8 Å². The number of nitrogens with one attached hydrogen (secondary N) is 1. The second kappa shape index (κ2) is 8.16. The van der Waals surface area contributed by atoms with E-state index in [-0.39, 0.29) is 5.56 Å². The van der Waals surface area contributed by atoms with Crippen molar-refractivity contribution in [3.63, 3.8) is 0 Å². The molecule has 1 aliphatic heterocycles. The highest BCUT2D eigenvalue weighted by Crippen LogP contribution is 2.29. The lowest BCUT2D eigenvalue weighted by Crippen LogP contribution is -2.32. The molecule has 1 aliphatic rings. The molecule has 5 nitrogen and oxygen atoms in total. The highest BCUT2D eigenvalue weighted by Gasteiger charge is 2.17. The Labute approximate surface area is 182 Å². The van der Waals surface area contributed by atoms with Crippen molar-refractivity contribution in [1.82, 2.24) is 19.3 Å². The molecule has 1 aromatic carbocycles. The molecular weight excluding hydrogens is 384 g/mol. The number of benzene rings is 1. The molecule has 31 heavy (non-hydrogen) atoms. The summed E-state index contributed by atoms with van der Waals surface area (Å²) in [5, 5.41) is 1.29. The maximum atomic E-state index is 13.0. The van der Waals surface area contributed by atoms with Crippen molar-refractivity contribution in [2.45, 2.75) is 33.1 Å². The van der Waals surface area contributed by atoms with E-state index in [0.29, 0.717) is 0 Å². The normalized spacial score (nSPS) is 15.0. The van der Waals surface area contributed by atoms with E-state index in [9.17, 15) is 4.79 Å². The molecule has 0 saturated heterocycles. The van der Waals surface area contributed by atoms with Crippen molar-refractivity contribution in [3.8, 4) is 0 Å². The second-order valence-corrected chi connectivity index (χ2v) is 8.38. The zero-order chi connectivity index (χ0) is 21.4. The zero-order valence-corrected chi connectivity index (χ0v) is 18.2. The lowest BCUT2D eigenvalue weighted by Gasteiger charge is -2.26. The molecule has 3 aromatic heterocycles. The van der Waals surface area contributed by atoms with Gasteiger partial charge in [-0.2, -0.15) is 0 Å². The van der Waals surface area contributed by atoms with Gasteiger partial charge in [-0.05, 0) is 55.5 Å². The first-order valence-corrected chi connectivity index (χ1v) is 11.1. The fourth-order valence-electron chi connectivity index (χ4n) is 4.60. The summed E-state index contributed by atoms with van der Waals surface area (Å²) in [6.45, 7) is 6.86. The maximum Gasteiger partial charge on any atom is 0.261 e. The quantitative estimate of drug-likeness (QED) is 0.529. The molecule has 4 aromatic rings. The molecule has 0 radical (unpaired) electrons. The average molecular weight is 413 g/mol. The molecule has 158 valence electrons. The second-order valence-electron chi connectivity index (χ2n) is 8.38. The van der Waals surface area contributed by atoms with Crippen molar-refractivity contribution >= 4 is 22.1 Å². The molecule has 4 heterocycles. The number of pyridine rings is 1. The summed E-state index contributed by atoms with van der Waals surface area (Å²) in [6, 6.07) is 12.5. The largest absolute Gasteiger partial charge is 0.361 e. The standard InChI is InChI=1S/C26H28N4O/c1-3-19-8-15-30-25(16-19)28-18(2)21(26(30)31)11-14-29-12-9-20(10-13-29)23-17-27-24-7-5-4-6-22(23)24/h4-9,15-17,27H,3,10-14H2,1-2H3. The Morgan fingerprint density at radius 3 is 2.87 bits per heavy atom. The first kappa shape index (κ1) is 19.8. The molecule has 0 fully saturated rings. The van der Waals surface area contributed by atoms with Crippen molar-refractivity contribution in [3.05, 3.63) is 87.6 Å². The van der Waals surface area contributed by atoms with E-state index in [0.717, 1.165) is 55.8 Å². The van der Waals surface area contributed by atoms with Crippen molar-refractivity contribution in [2.75, 3.05) is 19.6 Å². The number of H-pyrrole nitrogens is 1. The third-order valence-electron chi connectivity index (χ3n) is 6.51. The minimum Gasteiger partial charge on any atom is -0.361 e. The van der Waals surface area contributed by atoms with E-state index in [1.165, 1.54) is 27.6 Å². The van der Waals surface area contributed by atoms with Gasteiger partial charge < -0.3 is 4.98 Å². The smallest absolute Gasteiger partial charge is 0.261 e. The number of hydrogen-bond acceptors (Lipinski definition) is 3. The van der Waals surface area contributed by atoms with Gasteiger partial charge >= 0.3 is 0 Å². The molecule has 0 spiro atoms. The van der Waals surface area contributed by atoms with Crippen LogP contribution in [0.15, 0.2) is 59.7 Å². The van der Waals surface area contributed by atoms with E-state index in [1.807, 2.05) is 25.3 Å². The summed E-state index contributed by atoms with van der Waals surface area (Å²) in [6.07, 6.45) is 9.02. The molecule has 0 bridgehead atoms. The van der Waals surface area contributed by atoms with Crippen LogP contribution in [0.2, 0.25) is 0 Å². The lowest BCUT2D eigenvalue weighted by molar-refractivity contribution is 0.305. The van der Waals surface area contributed by atoms with Crippen LogP contribution in [0.5, 0.6) is 0 Å². The Bertz CT molecular complexity index is 1340. The first-order chi connectivity index (χ1) is 15.1. The highest BCUT2D eigenvalue weighted by molar-refractivity contribution is 5.92. The van der Waals surface area contributed by atoms with Crippen molar-refractivity contribution in [1.29, 1.82) is 0 Å². The number of rotatable bonds is 5. The number of aryl methyl sites for hydroxylation is 2. The van der Waals surface area contributed by atoms with E-state index in [2.05, 4.69) is 53.3 Å². The van der Waals surface area contributed by atoms with Gasteiger partial charge in [0.05, 0.1) is 0 Å². The van der Waals surface area contributed by atoms with Gasteiger partial charge in [0.1, 0.15) is 5.65 Å². The average Bonchev–Trinajstić information content (AvgIpc) is 3.23. The van der Waals surface area contributed by atoms with E-state index < -0.39 is 0 Å². The SMILES string of the molecule is CCc1ccn2c(=O)c(CCN3CC=C(c4c[nH]c5ccccc45)CC3)c(C)nc2c1. The van der Waals surface area contributed by atoms with Gasteiger partial charge in [0.25, 0.3) is 5.56 Å². The monoisotopic (exact) mass is 412 g/mol. The molecule has 1 N–H and O–H groups in total. The van der Waals surface area contributed by atoms with Crippen LogP contribution in [0.1, 0.15) is 35.7 Å². The summed E-state index contributed by atoms with van der Waals surface area (Å²) in [5.41, 5.74) is 7.60. The summed E-state index contributed by atoms with van der Waals surface area (Å²) in [4.78, 5) is 23.6. The molecule has 5 rings (SSSR count). The van der Waals surface area contributed by atoms with Crippen molar-refractivity contribution < 1.29 is 0 Å². The Balaban J connectivity index is 1.31. The van der Waals surface area contributed by atoms with E-state index in [4.69, 9.17) is 4.98 Å². The Morgan fingerprint density at radius 2 is 2.06 bits per heavy atom. The van der Waals surface area contributed by atoms with Crippen LogP contribution in [-0.4, -0.2) is 38.9 Å². The van der Waals surface area contributed by atoms with Gasteiger partial charge in [0.2, 0.25) is 0 Å². The summed E-state index contributed by atoms with van der Waals surface area (Å²) in [5.74, 6) is 0. The predicted molar refractivity (Wildman–Crippen MR) is 127 cm³/mol. The minimum absolute atomic E-state index is 0.0668. The van der Waals surface area contributed by atoms with Gasteiger partial charge in [-0.25, -0.2) is 4.98 Å². The summed E-state index contributed by atoms with van der Waals surface area (Å²) < 4.78 is 1.69. The molecule has 0 saturated carbocycles. The number of para-hydroxylation sites is 1. The van der Waals surface area contributed by atoms with E-state index >= 15 is 0 Å². The minimum atomic E-state index is 0.0668. The van der Waals surface area contributed by atoms with Crippen LogP contribution in [0, 0.1) is 6.92 Å². The van der Waals surface area contributed by atoms with Crippen LogP contribution in [0.3, 0.4) is 0 Å². The zero-order valence-electron chi connectivity index (χ0n) is 18.2. The van der Waals surface area contributed by atoms with Crippen molar-refractivity contribution in [2.24, 2.45) is 0 Å². The lowest BCUT2D eigenvalue weighted by atomic mass is 9.98. The molecule has 5 heteroatoms. The Hall–Kier alpha value is -3.18. The third-order valence-corrected chi connectivity index (χ3v) is 6.51. The molecule has 0 aliphatic carbocycles. The molecule has 0 amide bonds. The Kier molecular flexibility index (Phi) is 5.20. The van der Waals surface area contributed by atoms with Gasteiger partial charge in [-0.1, -0.05) is 31.2 Å².